The van der Waals surface area contributed by atoms with Gasteiger partial charge in [-0.05, 0) is 49.7 Å². The number of carbonyl (C=O) groups is 1. The van der Waals surface area contributed by atoms with Crippen molar-refractivity contribution < 1.29 is 9.18 Å². The summed E-state index contributed by atoms with van der Waals surface area (Å²) < 4.78 is 16.1. The number of halogens is 1. The zero-order valence-corrected chi connectivity index (χ0v) is 15.7. The summed E-state index contributed by atoms with van der Waals surface area (Å²) in [5.41, 5.74) is 2.87. The number of aryl methyl sites for hydroxylation is 2. The molecule has 140 valence electrons. The highest BCUT2D eigenvalue weighted by atomic mass is 19.1. The van der Waals surface area contributed by atoms with Gasteiger partial charge in [0.25, 0.3) is 11.5 Å². The van der Waals surface area contributed by atoms with Crippen LogP contribution in [-0.4, -0.2) is 32.2 Å². The SMILES string of the molecule is Cc1cc(C)n(C)c(=O)c1C(=O)N(C)Cc1cnn(-c2ccc(F)cc2)c1. The molecule has 7 heteroatoms. The fourth-order valence-corrected chi connectivity index (χ4v) is 2.95. The molecule has 0 aliphatic carbocycles. The lowest BCUT2D eigenvalue weighted by Gasteiger charge is -2.18. The van der Waals surface area contributed by atoms with Crippen molar-refractivity contribution in [1.29, 1.82) is 0 Å². The molecule has 0 radical (unpaired) electrons. The standard InChI is InChI=1S/C20H21FN4O2/c1-13-9-14(2)24(4)20(27)18(13)19(26)23(3)11-15-10-22-25(12-15)17-7-5-16(21)6-8-17/h5-10,12H,11H2,1-4H3. The fraction of sp³-hybridized carbons (Fsp3) is 0.250. The lowest BCUT2D eigenvalue weighted by molar-refractivity contribution is 0.0782. The molecule has 0 atom stereocenters. The summed E-state index contributed by atoms with van der Waals surface area (Å²) in [6.07, 6.45) is 3.42. The summed E-state index contributed by atoms with van der Waals surface area (Å²) in [6.45, 7) is 3.90. The predicted octanol–water partition coefficient (Wildman–Crippen LogP) is 2.60. The van der Waals surface area contributed by atoms with Gasteiger partial charge in [0, 0.05) is 38.1 Å². The van der Waals surface area contributed by atoms with Crippen molar-refractivity contribution in [1.82, 2.24) is 19.2 Å². The highest BCUT2D eigenvalue weighted by molar-refractivity contribution is 5.95. The van der Waals surface area contributed by atoms with Crippen LogP contribution in [0, 0.1) is 19.7 Å². The third kappa shape index (κ3) is 3.67. The van der Waals surface area contributed by atoms with E-state index in [1.54, 1.807) is 50.2 Å². The van der Waals surface area contributed by atoms with Crippen LogP contribution in [0.1, 0.15) is 27.2 Å². The number of benzene rings is 1. The number of rotatable bonds is 4. The van der Waals surface area contributed by atoms with E-state index in [1.807, 2.05) is 13.0 Å². The summed E-state index contributed by atoms with van der Waals surface area (Å²) in [4.78, 5) is 26.8. The van der Waals surface area contributed by atoms with E-state index in [0.29, 0.717) is 12.1 Å². The Balaban J connectivity index is 1.81. The second-order valence-electron chi connectivity index (χ2n) is 6.64. The number of pyridine rings is 1. The van der Waals surface area contributed by atoms with Crippen LogP contribution in [0.5, 0.6) is 0 Å². The third-order valence-electron chi connectivity index (χ3n) is 4.57. The number of hydrogen-bond acceptors (Lipinski definition) is 3. The van der Waals surface area contributed by atoms with Gasteiger partial charge >= 0.3 is 0 Å². The Morgan fingerprint density at radius 1 is 1.22 bits per heavy atom. The molecule has 0 spiro atoms. The van der Waals surface area contributed by atoms with Gasteiger partial charge < -0.3 is 9.47 Å². The molecular weight excluding hydrogens is 347 g/mol. The first-order chi connectivity index (χ1) is 12.8. The number of hydrogen-bond donors (Lipinski definition) is 0. The molecule has 0 fully saturated rings. The van der Waals surface area contributed by atoms with Crippen molar-refractivity contribution in [2.75, 3.05) is 7.05 Å². The third-order valence-corrected chi connectivity index (χ3v) is 4.57. The van der Waals surface area contributed by atoms with E-state index in [1.165, 1.54) is 21.6 Å². The van der Waals surface area contributed by atoms with Gasteiger partial charge in [-0.3, -0.25) is 9.59 Å². The quantitative estimate of drug-likeness (QED) is 0.711. The van der Waals surface area contributed by atoms with Crippen LogP contribution in [0.3, 0.4) is 0 Å². The summed E-state index contributed by atoms with van der Waals surface area (Å²) in [6, 6.07) is 7.81. The lowest BCUT2D eigenvalue weighted by Crippen LogP contribution is -2.35. The molecule has 0 unspecified atom stereocenters. The minimum absolute atomic E-state index is 0.177. The number of carbonyl (C=O) groups excluding carboxylic acids is 1. The fourth-order valence-electron chi connectivity index (χ4n) is 2.95. The monoisotopic (exact) mass is 368 g/mol. The van der Waals surface area contributed by atoms with E-state index < -0.39 is 0 Å². The Morgan fingerprint density at radius 2 is 1.89 bits per heavy atom. The van der Waals surface area contributed by atoms with Crippen molar-refractivity contribution in [3.63, 3.8) is 0 Å². The smallest absolute Gasteiger partial charge is 0.263 e. The average molecular weight is 368 g/mol. The van der Waals surface area contributed by atoms with Gasteiger partial charge in [-0.1, -0.05) is 0 Å². The molecule has 27 heavy (non-hydrogen) atoms. The molecule has 1 amide bonds. The minimum Gasteiger partial charge on any atom is -0.337 e. The van der Waals surface area contributed by atoms with Crippen molar-refractivity contribution in [3.8, 4) is 5.69 Å². The second kappa shape index (κ2) is 7.19. The Bertz CT molecular complexity index is 1050. The zero-order valence-electron chi connectivity index (χ0n) is 15.7. The van der Waals surface area contributed by atoms with Crippen molar-refractivity contribution >= 4 is 5.91 Å². The highest BCUT2D eigenvalue weighted by Gasteiger charge is 2.20. The normalized spacial score (nSPS) is 10.9. The molecule has 0 N–H and O–H groups in total. The first kappa shape index (κ1) is 18.6. The summed E-state index contributed by atoms with van der Waals surface area (Å²) in [5.74, 6) is -0.644. The van der Waals surface area contributed by atoms with Gasteiger partial charge in [0.1, 0.15) is 11.4 Å². The maximum absolute atomic E-state index is 13.0. The van der Waals surface area contributed by atoms with Crippen molar-refractivity contribution in [2.24, 2.45) is 7.05 Å². The van der Waals surface area contributed by atoms with Crippen molar-refractivity contribution in [2.45, 2.75) is 20.4 Å². The molecular formula is C20H21FN4O2. The molecule has 3 rings (SSSR count). The number of aromatic nitrogens is 3. The van der Waals surface area contributed by atoms with Crippen LogP contribution in [0.15, 0.2) is 47.5 Å². The Labute approximate surface area is 156 Å². The van der Waals surface area contributed by atoms with Crippen LogP contribution >= 0.6 is 0 Å². The van der Waals surface area contributed by atoms with Gasteiger partial charge in [0.05, 0.1) is 11.9 Å². The van der Waals surface area contributed by atoms with E-state index >= 15 is 0 Å². The van der Waals surface area contributed by atoms with Crippen LogP contribution in [0.25, 0.3) is 5.69 Å². The second-order valence-corrected chi connectivity index (χ2v) is 6.64. The van der Waals surface area contributed by atoms with E-state index in [-0.39, 0.29) is 22.8 Å². The molecule has 6 nitrogen and oxygen atoms in total. The predicted molar refractivity (Wildman–Crippen MR) is 100 cm³/mol. The van der Waals surface area contributed by atoms with E-state index in [9.17, 15) is 14.0 Å². The first-order valence-corrected chi connectivity index (χ1v) is 8.50. The molecule has 1 aromatic carbocycles. The van der Waals surface area contributed by atoms with Crippen LogP contribution in [0.4, 0.5) is 4.39 Å². The molecule has 0 aliphatic rings. The van der Waals surface area contributed by atoms with Gasteiger partial charge in [-0.25, -0.2) is 9.07 Å². The summed E-state index contributed by atoms with van der Waals surface area (Å²) in [7, 11) is 3.30. The van der Waals surface area contributed by atoms with Gasteiger partial charge in [-0.2, -0.15) is 5.10 Å². The Kier molecular flexibility index (Phi) is 4.94. The first-order valence-electron chi connectivity index (χ1n) is 8.50. The summed E-state index contributed by atoms with van der Waals surface area (Å²) >= 11 is 0. The topological polar surface area (TPSA) is 60.1 Å². The van der Waals surface area contributed by atoms with E-state index in [2.05, 4.69) is 5.10 Å². The van der Waals surface area contributed by atoms with Crippen LogP contribution in [-0.2, 0) is 13.6 Å². The molecule has 3 aromatic rings. The van der Waals surface area contributed by atoms with Gasteiger partial charge in [-0.15, -0.1) is 0 Å². The molecule has 0 aliphatic heterocycles. The van der Waals surface area contributed by atoms with Crippen LogP contribution < -0.4 is 5.56 Å². The van der Waals surface area contributed by atoms with E-state index in [4.69, 9.17) is 0 Å². The molecule has 2 heterocycles. The number of amides is 1. The van der Waals surface area contributed by atoms with E-state index in [0.717, 1.165) is 16.9 Å². The maximum atomic E-state index is 13.0. The molecule has 0 saturated carbocycles. The molecule has 2 aromatic heterocycles. The Hall–Kier alpha value is -3.22. The average Bonchev–Trinajstić information content (AvgIpc) is 3.08. The molecule has 0 bridgehead atoms. The minimum atomic E-state index is -0.331. The lowest BCUT2D eigenvalue weighted by atomic mass is 10.1. The largest absolute Gasteiger partial charge is 0.337 e. The van der Waals surface area contributed by atoms with Gasteiger partial charge in [0.15, 0.2) is 0 Å². The van der Waals surface area contributed by atoms with Crippen molar-refractivity contribution in [3.05, 3.63) is 81.3 Å². The zero-order chi connectivity index (χ0) is 19.7. The van der Waals surface area contributed by atoms with Crippen LogP contribution in [0.2, 0.25) is 0 Å². The molecule has 0 saturated heterocycles. The van der Waals surface area contributed by atoms with Gasteiger partial charge in [0.2, 0.25) is 0 Å². The summed E-state index contributed by atoms with van der Waals surface area (Å²) in [5, 5.41) is 4.25. The number of nitrogens with zero attached hydrogens (tertiary/aromatic N) is 4. The maximum Gasteiger partial charge on any atom is 0.263 e. The highest BCUT2D eigenvalue weighted by Crippen LogP contribution is 2.13. The Morgan fingerprint density at radius 3 is 2.56 bits per heavy atom.